The van der Waals surface area contributed by atoms with Crippen LogP contribution in [0.1, 0.15) is 21.7 Å². The van der Waals surface area contributed by atoms with Crippen LogP contribution in [0.3, 0.4) is 0 Å². The van der Waals surface area contributed by atoms with E-state index in [1.165, 1.54) is 0 Å². The van der Waals surface area contributed by atoms with Gasteiger partial charge < -0.3 is 0 Å². The summed E-state index contributed by atoms with van der Waals surface area (Å²) in [6.45, 7) is 2.02. The van der Waals surface area contributed by atoms with Gasteiger partial charge in [-0.3, -0.25) is 4.79 Å². The van der Waals surface area contributed by atoms with Gasteiger partial charge in [-0.1, -0.05) is 78.4 Å². The zero-order chi connectivity index (χ0) is 20.1. The molecule has 1 aromatic heterocycles. The molecule has 0 fully saturated rings. The first-order valence-electron chi connectivity index (χ1n) is 9.19. The first-order valence-corrected chi connectivity index (χ1v) is 9.19. The van der Waals surface area contributed by atoms with Gasteiger partial charge in [0.15, 0.2) is 5.82 Å². The third kappa shape index (κ3) is 4.27. The van der Waals surface area contributed by atoms with E-state index in [1.807, 2.05) is 91.9 Å². The Morgan fingerprint density at radius 2 is 1.59 bits per heavy atom. The molecule has 0 unspecified atom stereocenters. The number of carbonyl (C=O) groups is 1. The van der Waals surface area contributed by atoms with Crippen molar-refractivity contribution in [2.45, 2.75) is 6.92 Å². The first-order chi connectivity index (χ1) is 14.2. The second-order valence-corrected chi connectivity index (χ2v) is 6.48. The molecule has 0 radical (unpaired) electrons. The molecule has 4 aromatic rings. The minimum Gasteiger partial charge on any atom is -0.264 e. The summed E-state index contributed by atoms with van der Waals surface area (Å²) >= 11 is 0. The molecule has 0 bridgehead atoms. The number of nitrogens with one attached hydrogen (secondary N) is 1. The van der Waals surface area contributed by atoms with Crippen molar-refractivity contribution in [1.82, 2.24) is 20.2 Å². The molecule has 142 valence electrons. The number of hydrazone groups is 1. The van der Waals surface area contributed by atoms with Crippen LogP contribution in [0, 0.1) is 6.92 Å². The summed E-state index contributed by atoms with van der Waals surface area (Å²) in [6, 6.07) is 27.1. The molecule has 0 aliphatic heterocycles. The first kappa shape index (κ1) is 18.3. The second kappa shape index (κ2) is 8.31. The number of hydrogen-bond acceptors (Lipinski definition) is 4. The Balaban J connectivity index is 1.61. The summed E-state index contributed by atoms with van der Waals surface area (Å²) in [6.07, 6.45) is 1.59. The lowest BCUT2D eigenvalue weighted by Gasteiger charge is -2.05. The van der Waals surface area contributed by atoms with E-state index in [4.69, 9.17) is 0 Å². The quantitative estimate of drug-likeness (QED) is 0.419. The summed E-state index contributed by atoms with van der Waals surface area (Å²) in [5, 5.41) is 8.43. The number of hydrogen-bond donors (Lipinski definition) is 1. The van der Waals surface area contributed by atoms with Crippen molar-refractivity contribution < 1.29 is 4.79 Å². The average Bonchev–Trinajstić information content (AvgIpc) is 3.22. The number of benzene rings is 3. The fourth-order valence-corrected chi connectivity index (χ4v) is 2.80. The zero-order valence-corrected chi connectivity index (χ0v) is 15.9. The topological polar surface area (TPSA) is 72.2 Å². The van der Waals surface area contributed by atoms with Crippen LogP contribution in [0.25, 0.3) is 17.1 Å². The number of aryl methyl sites for hydroxylation is 1. The van der Waals surface area contributed by atoms with E-state index in [0.29, 0.717) is 5.82 Å². The molecule has 0 saturated carbocycles. The van der Waals surface area contributed by atoms with Gasteiger partial charge in [-0.2, -0.15) is 5.10 Å². The smallest absolute Gasteiger partial charge is 0.264 e. The standard InChI is InChI=1S/C23H19N5O/c1-17-12-14-18(15-13-17)16-24-26-23(29)21-25-22(19-8-4-2-5-9-19)28(27-21)20-10-6-3-7-11-20/h2-16H,1H3,(H,26,29). The number of rotatable bonds is 5. The minimum absolute atomic E-state index is 0.0498. The highest BCUT2D eigenvalue weighted by Gasteiger charge is 2.18. The Morgan fingerprint density at radius 1 is 0.931 bits per heavy atom. The van der Waals surface area contributed by atoms with Gasteiger partial charge in [-0.05, 0) is 24.6 Å². The van der Waals surface area contributed by atoms with Crippen LogP contribution in [0.15, 0.2) is 90.0 Å². The Morgan fingerprint density at radius 3 is 2.28 bits per heavy atom. The number of amides is 1. The van der Waals surface area contributed by atoms with E-state index in [0.717, 1.165) is 22.4 Å². The van der Waals surface area contributed by atoms with Crippen molar-refractivity contribution in [2.24, 2.45) is 5.10 Å². The van der Waals surface area contributed by atoms with Crippen LogP contribution < -0.4 is 5.43 Å². The molecule has 1 N–H and O–H groups in total. The second-order valence-electron chi connectivity index (χ2n) is 6.48. The van der Waals surface area contributed by atoms with Gasteiger partial charge in [-0.25, -0.2) is 15.1 Å². The molecule has 0 saturated heterocycles. The molecule has 1 heterocycles. The molecule has 1 amide bonds. The van der Waals surface area contributed by atoms with Gasteiger partial charge in [0.2, 0.25) is 5.82 Å². The Hall–Kier alpha value is -4.06. The molecule has 29 heavy (non-hydrogen) atoms. The van der Waals surface area contributed by atoms with Gasteiger partial charge in [0, 0.05) is 5.56 Å². The molecular weight excluding hydrogens is 362 g/mol. The van der Waals surface area contributed by atoms with Crippen LogP contribution in [0.4, 0.5) is 0 Å². The van der Waals surface area contributed by atoms with Crippen molar-refractivity contribution in [3.63, 3.8) is 0 Å². The molecule has 6 nitrogen and oxygen atoms in total. The lowest BCUT2D eigenvalue weighted by molar-refractivity contribution is 0.0945. The third-order valence-electron chi connectivity index (χ3n) is 4.30. The predicted octanol–water partition coefficient (Wildman–Crippen LogP) is 4.01. The van der Waals surface area contributed by atoms with Crippen LogP contribution in [-0.2, 0) is 0 Å². The van der Waals surface area contributed by atoms with Crippen molar-refractivity contribution in [3.8, 4) is 17.1 Å². The van der Waals surface area contributed by atoms with Crippen LogP contribution in [0.5, 0.6) is 0 Å². The molecule has 0 atom stereocenters. The van der Waals surface area contributed by atoms with E-state index < -0.39 is 5.91 Å². The summed E-state index contributed by atoms with van der Waals surface area (Å²) in [4.78, 5) is 17.0. The number of carbonyl (C=O) groups excluding carboxylic acids is 1. The van der Waals surface area contributed by atoms with Gasteiger partial charge in [0.05, 0.1) is 11.9 Å². The lowest BCUT2D eigenvalue weighted by atomic mass is 10.2. The normalized spacial score (nSPS) is 10.9. The number of aromatic nitrogens is 3. The van der Waals surface area contributed by atoms with E-state index in [-0.39, 0.29) is 5.82 Å². The van der Waals surface area contributed by atoms with E-state index in [1.54, 1.807) is 10.9 Å². The maximum absolute atomic E-state index is 12.6. The zero-order valence-electron chi connectivity index (χ0n) is 15.9. The molecule has 0 spiro atoms. The highest BCUT2D eigenvalue weighted by Crippen LogP contribution is 2.20. The summed E-state index contributed by atoms with van der Waals surface area (Å²) in [5.74, 6) is 0.165. The summed E-state index contributed by atoms with van der Waals surface area (Å²) in [7, 11) is 0. The number of para-hydroxylation sites is 1. The largest absolute Gasteiger partial charge is 0.311 e. The van der Waals surface area contributed by atoms with Crippen LogP contribution in [-0.4, -0.2) is 26.9 Å². The highest BCUT2D eigenvalue weighted by atomic mass is 16.2. The number of nitrogens with zero attached hydrogens (tertiary/aromatic N) is 4. The maximum atomic E-state index is 12.6. The molecule has 0 aliphatic carbocycles. The Bertz CT molecular complexity index is 1080. The van der Waals surface area contributed by atoms with Gasteiger partial charge in [0.1, 0.15) is 0 Å². The summed E-state index contributed by atoms with van der Waals surface area (Å²) < 4.78 is 1.66. The van der Waals surface area contributed by atoms with Gasteiger partial charge in [0.25, 0.3) is 0 Å². The SMILES string of the molecule is Cc1ccc(C=NNC(=O)c2nc(-c3ccccc3)n(-c3ccccc3)n2)cc1. The van der Waals surface area contributed by atoms with Crippen LogP contribution in [0.2, 0.25) is 0 Å². The van der Waals surface area contributed by atoms with Crippen molar-refractivity contribution in [3.05, 3.63) is 102 Å². The highest BCUT2D eigenvalue weighted by molar-refractivity contribution is 5.92. The Kier molecular flexibility index (Phi) is 5.25. The monoisotopic (exact) mass is 381 g/mol. The van der Waals surface area contributed by atoms with Gasteiger partial charge >= 0.3 is 5.91 Å². The molecular formula is C23H19N5O. The summed E-state index contributed by atoms with van der Waals surface area (Å²) in [5.41, 5.74) is 6.24. The fourth-order valence-electron chi connectivity index (χ4n) is 2.80. The van der Waals surface area contributed by atoms with E-state index in [9.17, 15) is 4.79 Å². The average molecular weight is 381 g/mol. The van der Waals surface area contributed by atoms with Gasteiger partial charge in [-0.15, -0.1) is 5.10 Å². The molecule has 0 aliphatic rings. The Labute approximate surface area is 168 Å². The van der Waals surface area contributed by atoms with Crippen molar-refractivity contribution in [2.75, 3.05) is 0 Å². The lowest BCUT2D eigenvalue weighted by Crippen LogP contribution is -2.19. The molecule has 6 heteroatoms. The van der Waals surface area contributed by atoms with E-state index in [2.05, 4.69) is 20.6 Å². The molecule has 3 aromatic carbocycles. The fraction of sp³-hybridized carbons (Fsp3) is 0.0435. The minimum atomic E-state index is -0.472. The van der Waals surface area contributed by atoms with Crippen molar-refractivity contribution in [1.29, 1.82) is 0 Å². The molecule has 4 rings (SSSR count). The predicted molar refractivity (Wildman–Crippen MR) is 113 cm³/mol. The maximum Gasteiger partial charge on any atom is 0.311 e. The van der Waals surface area contributed by atoms with E-state index >= 15 is 0 Å². The van der Waals surface area contributed by atoms with Crippen molar-refractivity contribution >= 4 is 12.1 Å². The van der Waals surface area contributed by atoms with Crippen LogP contribution >= 0.6 is 0 Å². The third-order valence-corrected chi connectivity index (χ3v) is 4.30.